The van der Waals surface area contributed by atoms with Crippen molar-refractivity contribution in [2.24, 2.45) is 0 Å². The maximum absolute atomic E-state index is 11.2. The van der Waals surface area contributed by atoms with Crippen molar-refractivity contribution in [2.45, 2.75) is 38.5 Å². The van der Waals surface area contributed by atoms with Crippen molar-refractivity contribution in [2.75, 3.05) is 25.1 Å². The lowest BCUT2D eigenvalue weighted by Crippen LogP contribution is -2.58. The summed E-state index contributed by atoms with van der Waals surface area (Å²) >= 11 is 0. The molecule has 0 aromatic carbocycles. The highest BCUT2D eigenvalue weighted by Crippen LogP contribution is 2.36. The molecule has 3 heterocycles. The van der Waals surface area contributed by atoms with Crippen LogP contribution in [0.1, 0.15) is 31.2 Å². The fourth-order valence-electron chi connectivity index (χ4n) is 3.36. The maximum Gasteiger partial charge on any atom is 0.407 e. The molecule has 1 aromatic rings. The summed E-state index contributed by atoms with van der Waals surface area (Å²) in [7, 11) is 1.68. The van der Waals surface area contributed by atoms with Gasteiger partial charge in [0.25, 0.3) is 0 Å². The predicted molar refractivity (Wildman–Crippen MR) is 78.7 cm³/mol. The van der Waals surface area contributed by atoms with Crippen molar-refractivity contribution in [1.29, 1.82) is 0 Å². The van der Waals surface area contributed by atoms with Crippen LogP contribution in [0.4, 0.5) is 10.6 Å². The summed E-state index contributed by atoms with van der Waals surface area (Å²) < 4.78 is 5.34. The van der Waals surface area contributed by atoms with E-state index < -0.39 is 6.09 Å². The summed E-state index contributed by atoms with van der Waals surface area (Å²) in [6.45, 7) is 5.11. The van der Waals surface area contributed by atoms with Gasteiger partial charge in [-0.05, 0) is 31.9 Å². The van der Waals surface area contributed by atoms with Crippen LogP contribution in [0.3, 0.4) is 0 Å². The molecule has 0 radical (unpaired) electrons. The lowest BCUT2D eigenvalue weighted by molar-refractivity contribution is 0.116. The Labute approximate surface area is 124 Å². The van der Waals surface area contributed by atoms with Crippen LogP contribution in [-0.2, 0) is 11.2 Å². The first kappa shape index (κ1) is 14.1. The second-order valence-corrected chi connectivity index (χ2v) is 5.90. The van der Waals surface area contributed by atoms with Gasteiger partial charge in [0.1, 0.15) is 5.82 Å². The van der Waals surface area contributed by atoms with Gasteiger partial charge in [0.2, 0.25) is 0 Å². The lowest BCUT2D eigenvalue weighted by Gasteiger charge is -2.42. The van der Waals surface area contributed by atoms with Crippen LogP contribution in [0.25, 0.3) is 0 Å². The van der Waals surface area contributed by atoms with Gasteiger partial charge in [0, 0.05) is 26.2 Å². The average molecular weight is 291 g/mol. The van der Waals surface area contributed by atoms with Gasteiger partial charge in [-0.25, -0.2) is 9.78 Å². The van der Waals surface area contributed by atoms with Gasteiger partial charge in [-0.15, -0.1) is 0 Å². The highest BCUT2D eigenvalue weighted by atomic mass is 16.5. The number of anilines is 1. The standard InChI is InChI=1S/C15H21N3O3/c1-9-7-17(15(19)20)8-12-6-11-4-5-13(10(2)21-3)16-14(11)18(9)12/h4-5,9-10,12H,6-8H2,1-3H3,(H,19,20)/t9-,10+,12-/m1/s1. The highest BCUT2D eigenvalue weighted by molar-refractivity contribution is 5.67. The molecule has 114 valence electrons. The molecule has 0 unspecified atom stereocenters. The number of aromatic nitrogens is 1. The van der Waals surface area contributed by atoms with Gasteiger partial charge in [0.15, 0.2) is 0 Å². The van der Waals surface area contributed by atoms with E-state index in [9.17, 15) is 9.90 Å². The molecule has 1 aromatic heterocycles. The Morgan fingerprint density at radius 3 is 2.90 bits per heavy atom. The largest absolute Gasteiger partial charge is 0.465 e. The van der Waals surface area contributed by atoms with E-state index in [4.69, 9.17) is 9.72 Å². The monoisotopic (exact) mass is 291 g/mol. The lowest BCUT2D eigenvalue weighted by atomic mass is 10.1. The third kappa shape index (κ3) is 2.33. The summed E-state index contributed by atoms with van der Waals surface area (Å²) in [4.78, 5) is 19.8. The fraction of sp³-hybridized carbons (Fsp3) is 0.600. The Hall–Kier alpha value is -1.82. The van der Waals surface area contributed by atoms with Gasteiger partial charge in [-0.2, -0.15) is 0 Å². The molecule has 0 aliphatic carbocycles. The minimum atomic E-state index is -0.834. The molecule has 2 aliphatic rings. The smallest absolute Gasteiger partial charge is 0.407 e. The third-order valence-corrected chi connectivity index (χ3v) is 4.50. The van der Waals surface area contributed by atoms with Crippen LogP contribution in [-0.4, -0.2) is 53.4 Å². The van der Waals surface area contributed by atoms with Crippen molar-refractivity contribution in [3.05, 3.63) is 23.4 Å². The summed E-state index contributed by atoms with van der Waals surface area (Å²) in [5.41, 5.74) is 2.12. The minimum absolute atomic E-state index is 0.0371. The summed E-state index contributed by atoms with van der Waals surface area (Å²) in [6, 6.07) is 4.44. The zero-order valence-corrected chi connectivity index (χ0v) is 12.6. The molecule has 6 heteroatoms. The number of carbonyl (C=O) groups is 1. The van der Waals surface area contributed by atoms with Crippen molar-refractivity contribution in [3.8, 4) is 0 Å². The second-order valence-electron chi connectivity index (χ2n) is 5.90. The number of methoxy groups -OCH3 is 1. The Kier molecular flexibility index (Phi) is 3.49. The van der Waals surface area contributed by atoms with Gasteiger partial charge in [-0.3, -0.25) is 0 Å². The topological polar surface area (TPSA) is 65.9 Å². The number of piperazine rings is 1. The Morgan fingerprint density at radius 1 is 1.48 bits per heavy atom. The molecule has 3 rings (SSSR count). The molecular weight excluding hydrogens is 270 g/mol. The first-order chi connectivity index (χ1) is 10.0. The van der Waals surface area contributed by atoms with E-state index >= 15 is 0 Å². The molecule has 3 atom stereocenters. The number of amides is 1. The minimum Gasteiger partial charge on any atom is -0.465 e. The number of fused-ring (bicyclic) bond motifs is 3. The van der Waals surface area contributed by atoms with Crippen LogP contribution < -0.4 is 4.90 Å². The Balaban J connectivity index is 1.90. The SMILES string of the molecule is CO[C@@H](C)c1ccc2c(n1)N1[C@H](C2)CN(C(=O)O)C[C@H]1C. The van der Waals surface area contributed by atoms with E-state index in [1.54, 1.807) is 7.11 Å². The summed E-state index contributed by atoms with van der Waals surface area (Å²) in [6.07, 6.45) is -0.0120. The van der Waals surface area contributed by atoms with Crippen molar-refractivity contribution in [3.63, 3.8) is 0 Å². The molecule has 1 fully saturated rings. The zero-order valence-electron chi connectivity index (χ0n) is 12.6. The van der Waals surface area contributed by atoms with Gasteiger partial charge >= 0.3 is 6.09 Å². The summed E-state index contributed by atoms with van der Waals surface area (Å²) in [5, 5.41) is 9.22. The second kappa shape index (κ2) is 5.18. The van der Waals surface area contributed by atoms with Crippen LogP contribution in [0.2, 0.25) is 0 Å². The number of carboxylic acid groups (broad SMARTS) is 1. The summed E-state index contributed by atoms with van der Waals surface area (Å²) in [5.74, 6) is 0.999. The van der Waals surface area contributed by atoms with E-state index in [2.05, 4.69) is 17.9 Å². The molecule has 0 bridgehead atoms. The van der Waals surface area contributed by atoms with Crippen molar-refractivity contribution < 1.29 is 14.6 Å². The number of pyridine rings is 1. The number of hydrogen-bond donors (Lipinski definition) is 1. The van der Waals surface area contributed by atoms with Crippen LogP contribution in [0.5, 0.6) is 0 Å². The highest BCUT2D eigenvalue weighted by Gasteiger charge is 2.40. The molecule has 0 spiro atoms. The first-order valence-electron chi connectivity index (χ1n) is 7.30. The van der Waals surface area contributed by atoms with Crippen LogP contribution in [0, 0.1) is 0 Å². The normalized spacial score (nSPS) is 25.5. The molecular formula is C15H21N3O3. The number of ether oxygens (including phenoxy) is 1. The zero-order chi connectivity index (χ0) is 15.1. The molecule has 1 N–H and O–H groups in total. The Bertz CT molecular complexity index is 563. The average Bonchev–Trinajstić information content (AvgIpc) is 2.83. The molecule has 6 nitrogen and oxygen atoms in total. The quantitative estimate of drug-likeness (QED) is 0.901. The van der Waals surface area contributed by atoms with Crippen molar-refractivity contribution >= 4 is 11.9 Å². The predicted octanol–water partition coefficient (Wildman–Crippen LogP) is 1.90. The number of hydrogen-bond acceptors (Lipinski definition) is 4. The number of nitrogens with zero attached hydrogens (tertiary/aromatic N) is 3. The molecule has 1 amide bonds. The van der Waals surface area contributed by atoms with E-state index in [1.807, 2.05) is 13.0 Å². The molecule has 1 saturated heterocycles. The van der Waals surface area contributed by atoms with Crippen molar-refractivity contribution in [1.82, 2.24) is 9.88 Å². The van der Waals surface area contributed by atoms with E-state index in [0.717, 1.165) is 17.9 Å². The first-order valence-corrected chi connectivity index (χ1v) is 7.30. The van der Waals surface area contributed by atoms with Crippen LogP contribution in [0.15, 0.2) is 12.1 Å². The number of rotatable bonds is 2. The molecule has 21 heavy (non-hydrogen) atoms. The maximum atomic E-state index is 11.2. The van der Waals surface area contributed by atoms with Gasteiger partial charge in [0.05, 0.1) is 17.8 Å². The molecule has 2 aliphatic heterocycles. The fourth-order valence-corrected chi connectivity index (χ4v) is 3.36. The molecule has 0 saturated carbocycles. The van der Waals surface area contributed by atoms with Crippen LogP contribution >= 0.6 is 0 Å². The van der Waals surface area contributed by atoms with Gasteiger partial charge in [-0.1, -0.05) is 6.07 Å². The third-order valence-electron chi connectivity index (χ3n) is 4.50. The van der Waals surface area contributed by atoms with E-state index in [1.165, 1.54) is 10.5 Å². The Morgan fingerprint density at radius 2 is 2.24 bits per heavy atom. The van der Waals surface area contributed by atoms with E-state index in [0.29, 0.717) is 13.1 Å². The van der Waals surface area contributed by atoms with E-state index in [-0.39, 0.29) is 18.2 Å². The van der Waals surface area contributed by atoms with Gasteiger partial charge < -0.3 is 19.6 Å².